The highest BCUT2D eigenvalue weighted by Crippen LogP contribution is 2.26. The summed E-state index contributed by atoms with van der Waals surface area (Å²) in [4.78, 5) is 22.5. The summed E-state index contributed by atoms with van der Waals surface area (Å²) in [6, 6.07) is 3.46. The van der Waals surface area contributed by atoms with Crippen molar-refractivity contribution in [3.8, 4) is 18.0 Å². The lowest BCUT2D eigenvalue weighted by Crippen LogP contribution is -2.40. The van der Waals surface area contributed by atoms with Crippen LogP contribution in [0.4, 0.5) is 5.69 Å². The minimum Gasteiger partial charge on any atom is -0.399 e. The van der Waals surface area contributed by atoms with E-state index < -0.39 is 21.5 Å². The highest BCUT2D eigenvalue weighted by Gasteiger charge is 2.27. The number of rotatable bonds is 7. The van der Waals surface area contributed by atoms with Crippen LogP contribution >= 0.6 is 11.6 Å². The van der Waals surface area contributed by atoms with Gasteiger partial charge in [-0.05, 0) is 12.1 Å². The number of anilines is 1. The number of terminal acetylenes is 1. The second-order valence-electron chi connectivity index (χ2n) is 5.35. The van der Waals surface area contributed by atoms with E-state index in [4.69, 9.17) is 18.0 Å². The van der Waals surface area contributed by atoms with Crippen LogP contribution in [0.15, 0.2) is 35.9 Å². The third-order valence-corrected chi connectivity index (χ3v) is 4.26. The molecule has 2 aromatic heterocycles. The van der Waals surface area contributed by atoms with Crippen LogP contribution in [0.3, 0.4) is 0 Å². The molecule has 11 heteroatoms. The van der Waals surface area contributed by atoms with Crippen LogP contribution in [-0.4, -0.2) is 60.5 Å². The molecule has 2 heterocycles. The number of pyridine rings is 1. The van der Waals surface area contributed by atoms with E-state index >= 15 is 0 Å². The summed E-state index contributed by atoms with van der Waals surface area (Å²) in [6.07, 6.45) is 11.0. The van der Waals surface area contributed by atoms with E-state index in [9.17, 15) is 13.2 Å². The Balaban J connectivity index is 2.45. The maximum atomic E-state index is 12.8. The molecule has 0 aliphatic carbocycles. The fraction of sp³-hybridized carbons (Fsp3) is 0.250. The lowest BCUT2D eigenvalue weighted by Gasteiger charge is -2.19. The van der Waals surface area contributed by atoms with Gasteiger partial charge in [-0.25, -0.2) is 13.1 Å². The van der Waals surface area contributed by atoms with E-state index in [1.165, 1.54) is 18.0 Å². The van der Waals surface area contributed by atoms with Crippen LogP contribution < -0.4 is 4.90 Å². The first kappa shape index (κ1) is 20.4. The number of hydrogen-bond acceptors (Lipinski definition) is 7. The topological polar surface area (TPSA) is 107 Å². The van der Waals surface area contributed by atoms with Gasteiger partial charge < -0.3 is 4.84 Å². The van der Waals surface area contributed by atoms with Crippen molar-refractivity contribution < 1.29 is 18.0 Å². The van der Waals surface area contributed by atoms with Crippen LogP contribution in [0, 0.1) is 12.3 Å². The van der Waals surface area contributed by atoms with E-state index in [0.717, 1.165) is 11.2 Å². The number of amides is 1. The fourth-order valence-corrected chi connectivity index (χ4v) is 3.05. The summed E-state index contributed by atoms with van der Waals surface area (Å²) in [7, 11) is -2.34. The Bertz CT molecular complexity index is 996. The van der Waals surface area contributed by atoms with Crippen molar-refractivity contribution in [1.82, 2.24) is 14.8 Å². The van der Waals surface area contributed by atoms with Crippen molar-refractivity contribution in [2.45, 2.75) is 0 Å². The molecule has 0 N–H and O–H groups in total. The van der Waals surface area contributed by atoms with Gasteiger partial charge in [0.15, 0.2) is 20.7 Å². The summed E-state index contributed by atoms with van der Waals surface area (Å²) in [5.41, 5.74) is 0.474. The molecule has 0 aliphatic heterocycles. The number of oxime groups is 1. The first-order valence-electron chi connectivity index (χ1n) is 7.45. The van der Waals surface area contributed by atoms with E-state index in [-0.39, 0.29) is 23.1 Å². The van der Waals surface area contributed by atoms with Gasteiger partial charge >= 0.3 is 0 Å². The molecular weight excluding hydrogens is 394 g/mol. The Labute approximate surface area is 161 Å². The number of aromatic nitrogens is 3. The minimum atomic E-state index is -3.54. The van der Waals surface area contributed by atoms with Gasteiger partial charge in [-0.15, -0.1) is 6.42 Å². The highest BCUT2D eigenvalue weighted by atomic mass is 35.5. The molecule has 9 nitrogen and oxygen atoms in total. The Morgan fingerprint density at radius 1 is 1.52 bits per heavy atom. The molecule has 0 atom stereocenters. The third-order valence-electron chi connectivity index (χ3n) is 3.19. The predicted molar refractivity (Wildman–Crippen MR) is 102 cm³/mol. The molecule has 0 saturated heterocycles. The van der Waals surface area contributed by atoms with Crippen molar-refractivity contribution in [3.05, 3.63) is 35.9 Å². The first-order valence-corrected chi connectivity index (χ1v) is 9.89. The van der Waals surface area contributed by atoms with Gasteiger partial charge in [0, 0.05) is 12.5 Å². The Hall–Kier alpha value is -2.90. The quantitative estimate of drug-likeness (QED) is 0.382. The van der Waals surface area contributed by atoms with Crippen molar-refractivity contribution in [1.29, 1.82) is 0 Å². The molecule has 27 heavy (non-hydrogen) atoms. The predicted octanol–water partition coefficient (Wildman–Crippen LogP) is 0.934. The molecule has 0 radical (unpaired) electrons. The SMILES string of the molecule is C#CCN(C(=O)C(CS(C)(=O)=O)=NOC)c1cn(-c2cccnc2)nc1Cl. The number of carbonyl (C=O) groups excluding carboxylic acids is 1. The van der Waals surface area contributed by atoms with E-state index in [2.05, 4.69) is 26.0 Å². The zero-order chi connectivity index (χ0) is 20.0. The Kier molecular flexibility index (Phi) is 6.55. The average molecular weight is 410 g/mol. The van der Waals surface area contributed by atoms with Crippen molar-refractivity contribution in [3.63, 3.8) is 0 Å². The number of carbonyl (C=O) groups is 1. The van der Waals surface area contributed by atoms with Crippen LogP contribution in [0.1, 0.15) is 0 Å². The fourth-order valence-electron chi connectivity index (χ4n) is 2.15. The molecule has 1 amide bonds. The van der Waals surface area contributed by atoms with Crippen LogP contribution in [0.5, 0.6) is 0 Å². The molecule has 0 bridgehead atoms. The van der Waals surface area contributed by atoms with Gasteiger partial charge in [0.1, 0.15) is 18.6 Å². The summed E-state index contributed by atoms with van der Waals surface area (Å²) in [6.45, 7) is -0.177. The lowest BCUT2D eigenvalue weighted by atomic mass is 10.3. The van der Waals surface area contributed by atoms with Gasteiger partial charge in [-0.1, -0.05) is 22.7 Å². The van der Waals surface area contributed by atoms with E-state index in [0.29, 0.717) is 5.69 Å². The highest BCUT2D eigenvalue weighted by molar-refractivity contribution is 7.91. The van der Waals surface area contributed by atoms with Crippen LogP contribution in [-0.2, 0) is 19.5 Å². The number of hydrogen-bond donors (Lipinski definition) is 0. The average Bonchev–Trinajstić information content (AvgIpc) is 3.00. The van der Waals surface area contributed by atoms with Gasteiger partial charge in [0.2, 0.25) is 0 Å². The first-order chi connectivity index (χ1) is 12.8. The molecule has 0 saturated carbocycles. The van der Waals surface area contributed by atoms with Crippen LogP contribution in [0.2, 0.25) is 5.15 Å². The van der Waals surface area contributed by atoms with Gasteiger partial charge in [-0.2, -0.15) is 5.10 Å². The molecule has 2 rings (SSSR count). The largest absolute Gasteiger partial charge is 0.399 e. The summed E-state index contributed by atoms with van der Waals surface area (Å²) in [5.74, 6) is 0.962. The van der Waals surface area contributed by atoms with Gasteiger partial charge in [-0.3, -0.25) is 14.7 Å². The smallest absolute Gasteiger partial charge is 0.278 e. The van der Waals surface area contributed by atoms with E-state index in [1.807, 2.05) is 0 Å². The molecule has 2 aromatic rings. The van der Waals surface area contributed by atoms with Crippen molar-refractivity contribution >= 4 is 38.7 Å². The lowest BCUT2D eigenvalue weighted by molar-refractivity contribution is -0.112. The van der Waals surface area contributed by atoms with E-state index in [1.54, 1.807) is 24.5 Å². The molecule has 142 valence electrons. The monoisotopic (exact) mass is 409 g/mol. The summed E-state index contributed by atoms with van der Waals surface area (Å²) < 4.78 is 24.6. The second-order valence-corrected chi connectivity index (χ2v) is 7.85. The standard InChI is InChI=1S/C16H16ClN5O4S/c1-4-8-21(16(23)13(20-26-2)11-27(3,24)25)14-10-22(19-15(14)17)12-6-5-7-18-9-12/h1,5-7,9-10H,8,11H2,2-3H3. The zero-order valence-corrected chi connectivity index (χ0v) is 16.1. The molecule has 0 spiro atoms. The Morgan fingerprint density at radius 3 is 2.81 bits per heavy atom. The molecule has 0 fully saturated rings. The maximum Gasteiger partial charge on any atom is 0.278 e. The normalized spacial score (nSPS) is 11.7. The molecule has 0 aliphatic rings. The molecule has 0 aromatic carbocycles. The van der Waals surface area contributed by atoms with Gasteiger partial charge in [0.25, 0.3) is 5.91 Å². The minimum absolute atomic E-state index is 0.00132. The number of halogens is 1. The zero-order valence-electron chi connectivity index (χ0n) is 14.5. The van der Waals surface area contributed by atoms with Crippen molar-refractivity contribution in [2.24, 2.45) is 5.16 Å². The maximum absolute atomic E-state index is 12.8. The third kappa shape index (κ3) is 5.29. The second kappa shape index (κ2) is 8.66. The van der Waals surface area contributed by atoms with Crippen molar-refractivity contribution in [2.75, 3.05) is 30.6 Å². The number of nitrogens with zero attached hydrogens (tertiary/aromatic N) is 5. The summed E-state index contributed by atoms with van der Waals surface area (Å²) in [5, 5.41) is 7.67. The Morgan fingerprint density at radius 2 is 2.26 bits per heavy atom. The van der Waals surface area contributed by atoms with Gasteiger partial charge in [0.05, 0.1) is 24.6 Å². The number of sulfone groups is 1. The summed E-state index contributed by atoms with van der Waals surface area (Å²) >= 11 is 6.18. The molecular formula is C16H16ClN5O4S. The molecule has 0 unspecified atom stereocenters. The van der Waals surface area contributed by atoms with Crippen LogP contribution in [0.25, 0.3) is 5.69 Å².